The Morgan fingerprint density at radius 1 is 1.40 bits per heavy atom. The van der Waals surface area contributed by atoms with E-state index in [1.165, 1.54) is 24.9 Å². The lowest BCUT2D eigenvalue weighted by molar-refractivity contribution is -0.142. The van der Waals surface area contributed by atoms with Crippen LogP contribution in [-0.2, 0) is 9.59 Å². The minimum atomic E-state index is -0.984. The molecule has 0 fully saturated rings. The molecular weight excluding hydrogens is 288 g/mol. The number of hydrogen-bond donors (Lipinski definition) is 1. The van der Waals surface area contributed by atoms with Crippen molar-refractivity contribution in [2.45, 2.75) is 11.8 Å². The van der Waals surface area contributed by atoms with Gasteiger partial charge in [0, 0.05) is 24.6 Å². The fourth-order valence-electron chi connectivity index (χ4n) is 1.43. The van der Waals surface area contributed by atoms with Crippen molar-refractivity contribution in [2.75, 3.05) is 19.3 Å². The zero-order valence-corrected chi connectivity index (χ0v) is 11.9. The van der Waals surface area contributed by atoms with Gasteiger partial charge in [0.25, 0.3) is 0 Å². The third-order valence-electron chi connectivity index (χ3n) is 2.64. The molecule has 1 aromatic rings. The maximum atomic E-state index is 13.4. The Hall–Kier alpha value is -1.63. The monoisotopic (exact) mass is 303 g/mol. The molecule has 0 heterocycles. The number of carbonyl (C=O) groups is 2. The van der Waals surface area contributed by atoms with E-state index in [0.29, 0.717) is 0 Å². The van der Waals surface area contributed by atoms with Crippen LogP contribution in [0.25, 0.3) is 0 Å². The van der Waals surface area contributed by atoms with E-state index in [2.05, 4.69) is 0 Å². The van der Waals surface area contributed by atoms with Crippen molar-refractivity contribution in [1.82, 2.24) is 4.90 Å². The average Bonchev–Trinajstić information content (AvgIpc) is 2.37. The number of aliphatic carboxylic acids is 1. The summed E-state index contributed by atoms with van der Waals surface area (Å²) in [7, 11) is 1.49. The highest BCUT2D eigenvalue weighted by Crippen LogP contribution is 2.22. The van der Waals surface area contributed by atoms with Crippen molar-refractivity contribution in [2.24, 2.45) is 5.92 Å². The van der Waals surface area contributed by atoms with E-state index in [9.17, 15) is 18.4 Å². The average molecular weight is 303 g/mol. The van der Waals surface area contributed by atoms with E-state index < -0.39 is 23.5 Å². The standard InChI is InChI=1S/C13H15F2NO3S/c1-8(13(18)19)6-16(2)12(17)7-20-11-4-3-9(14)5-10(11)15/h3-5,8H,6-7H2,1-2H3,(H,18,19). The summed E-state index contributed by atoms with van der Waals surface area (Å²) >= 11 is 0.947. The zero-order chi connectivity index (χ0) is 15.3. The second-order valence-corrected chi connectivity index (χ2v) is 5.39. The molecule has 1 N–H and O–H groups in total. The van der Waals surface area contributed by atoms with Gasteiger partial charge in [-0.25, -0.2) is 8.78 Å². The quantitative estimate of drug-likeness (QED) is 0.819. The molecule has 0 spiro atoms. The molecule has 110 valence electrons. The largest absolute Gasteiger partial charge is 0.481 e. The Kier molecular flexibility index (Phi) is 5.94. The molecule has 0 saturated heterocycles. The molecule has 4 nitrogen and oxygen atoms in total. The smallest absolute Gasteiger partial charge is 0.308 e. The first-order valence-corrected chi connectivity index (χ1v) is 6.84. The van der Waals surface area contributed by atoms with Gasteiger partial charge in [0.05, 0.1) is 11.7 Å². The number of rotatable bonds is 6. The Balaban J connectivity index is 2.52. The SMILES string of the molecule is CC(CN(C)C(=O)CSc1ccc(F)cc1F)C(=O)O. The van der Waals surface area contributed by atoms with E-state index in [-0.39, 0.29) is 23.1 Å². The van der Waals surface area contributed by atoms with Crippen LogP contribution in [0.1, 0.15) is 6.92 Å². The second-order valence-electron chi connectivity index (χ2n) is 4.38. The molecule has 7 heteroatoms. The Morgan fingerprint density at radius 2 is 2.05 bits per heavy atom. The summed E-state index contributed by atoms with van der Waals surface area (Å²) in [6, 6.07) is 3.14. The van der Waals surface area contributed by atoms with Crippen molar-refractivity contribution < 1.29 is 23.5 Å². The first kappa shape index (κ1) is 16.4. The summed E-state index contributed by atoms with van der Waals surface area (Å²) in [5.74, 6) is -3.40. The van der Waals surface area contributed by atoms with Crippen molar-refractivity contribution in [3.8, 4) is 0 Å². The Bertz CT molecular complexity index is 510. The van der Waals surface area contributed by atoms with Crippen molar-refractivity contribution >= 4 is 23.6 Å². The summed E-state index contributed by atoms with van der Waals surface area (Å²) in [5, 5.41) is 8.75. The molecule has 1 rings (SSSR count). The van der Waals surface area contributed by atoms with E-state index in [0.717, 1.165) is 23.9 Å². The predicted molar refractivity (Wildman–Crippen MR) is 71.5 cm³/mol. The van der Waals surface area contributed by atoms with Crippen LogP contribution in [0.2, 0.25) is 0 Å². The van der Waals surface area contributed by atoms with Gasteiger partial charge >= 0.3 is 5.97 Å². The van der Waals surface area contributed by atoms with Crippen molar-refractivity contribution in [3.63, 3.8) is 0 Å². The van der Waals surface area contributed by atoms with Crippen LogP contribution in [0, 0.1) is 17.6 Å². The molecule has 20 heavy (non-hydrogen) atoms. The number of halogens is 2. The molecule has 0 aromatic heterocycles. The summed E-state index contributed by atoms with van der Waals surface area (Å²) in [5.41, 5.74) is 0. The number of carboxylic acid groups (broad SMARTS) is 1. The van der Waals surface area contributed by atoms with Crippen LogP contribution in [0.3, 0.4) is 0 Å². The van der Waals surface area contributed by atoms with Crippen LogP contribution in [0.15, 0.2) is 23.1 Å². The number of thioether (sulfide) groups is 1. The highest BCUT2D eigenvalue weighted by Gasteiger charge is 2.17. The van der Waals surface area contributed by atoms with Crippen molar-refractivity contribution in [1.29, 1.82) is 0 Å². The van der Waals surface area contributed by atoms with E-state index in [1.807, 2.05) is 0 Å². The van der Waals surface area contributed by atoms with Crippen LogP contribution in [0.5, 0.6) is 0 Å². The highest BCUT2D eigenvalue weighted by atomic mass is 32.2. The van der Waals surface area contributed by atoms with Gasteiger partial charge in [-0.15, -0.1) is 11.8 Å². The van der Waals surface area contributed by atoms with Gasteiger partial charge in [-0.3, -0.25) is 9.59 Å². The number of amides is 1. The molecule has 0 bridgehead atoms. The summed E-state index contributed by atoms with van der Waals surface area (Å²) < 4.78 is 26.1. The van der Waals surface area contributed by atoms with Gasteiger partial charge in [-0.2, -0.15) is 0 Å². The first-order valence-electron chi connectivity index (χ1n) is 5.86. The third-order valence-corrected chi connectivity index (χ3v) is 3.67. The van der Waals surface area contributed by atoms with Gasteiger partial charge in [-0.05, 0) is 12.1 Å². The minimum Gasteiger partial charge on any atom is -0.481 e. The minimum absolute atomic E-state index is 0.0363. The molecular formula is C13H15F2NO3S. The van der Waals surface area contributed by atoms with Crippen LogP contribution in [0.4, 0.5) is 8.78 Å². The van der Waals surface area contributed by atoms with Crippen LogP contribution < -0.4 is 0 Å². The Morgan fingerprint density at radius 3 is 2.60 bits per heavy atom. The third kappa shape index (κ3) is 4.80. The molecule has 1 unspecified atom stereocenters. The number of carboxylic acids is 1. The topological polar surface area (TPSA) is 57.6 Å². The van der Waals surface area contributed by atoms with Crippen LogP contribution >= 0.6 is 11.8 Å². The lowest BCUT2D eigenvalue weighted by Crippen LogP contribution is -2.34. The molecule has 1 amide bonds. The lowest BCUT2D eigenvalue weighted by atomic mass is 10.2. The molecule has 0 aliphatic heterocycles. The maximum Gasteiger partial charge on any atom is 0.308 e. The normalized spacial score (nSPS) is 12.0. The number of nitrogens with zero attached hydrogens (tertiary/aromatic N) is 1. The molecule has 0 aliphatic carbocycles. The predicted octanol–water partition coefficient (Wildman–Crippen LogP) is 2.24. The Labute approximate surface area is 119 Å². The molecule has 1 atom stereocenters. The molecule has 0 aliphatic rings. The molecule has 1 aromatic carbocycles. The fraction of sp³-hybridized carbons (Fsp3) is 0.385. The van der Waals surface area contributed by atoms with E-state index >= 15 is 0 Å². The molecule has 0 radical (unpaired) electrons. The summed E-state index contributed by atoms with van der Waals surface area (Å²) in [6.07, 6.45) is 0. The highest BCUT2D eigenvalue weighted by molar-refractivity contribution is 8.00. The summed E-state index contributed by atoms with van der Waals surface area (Å²) in [4.78, 5) is 23.9. The first-order chi connectivity index (χ1) is 9.31. The number of hydrogen-bond acceptors (Lipinski definition) is 3. The van der Waals surface area contributed by atoms with E-state index in [4.69, 9.17) is 5.11 Å². The maximum absolute atomic E-state index is 13.4. The summed E-state index contributed by atoms with van der Waals surface area (Å²) in [6.45, 7) is 1.58. The lowest BCUT2D eigenvalue weighted by Gasteiger charge is -2.19. The number of benzene rings is 1. The second kappa shape index (κ2) is 7.23. The van der Waals surface area contributed by atoms with Gasteiger partial charge in [0.2, 0.25) is 5.91 Å². The van der Waals surface area contributed by atoms with Gasteiger partial charge in [-0.1, -0.05) is 6.92 Å². The van der Waals surface area contributed by atoms with E-state index in [1.54, 1.807) is 0 Å². The van der Waals surface area contributed by atoms with Gasteiger partial charge in [0.1, 0.15) is 11.6 Å². The zero-order valence-electron chi connectivity index (χ0n) is 11.1. The van der Waals surface area contributed by atoms with Gasteiger partial charge < -0.3 is 10.0 Å². The number of carbonyl (C=O) groups excluding carboxylic acids is 1. The molecule has 0 saturated carbocycles. The van der Waals surface area contributed by atoms with Gasteiger partial charge in [0.15, 0.2) is 0 Å². The fourth-order valence-corrected chi connectivity index (χ4v) is 2.29. The van der Waals surface area contributed by atoms with Crippen LogP contribution in [-0.4, -0.2) is 41.2 Å². The van der Waals surface area contributed by atoms with Crippen molar-refractivity contribution in [3.05, 3.63) is 29.8 Å².